The van der Waals surface area contributed by atoms with E-state index < -0.39 is 0 Å². The summed E-state index contributed by atoms with van der Waals surface area (Å²) in [4.78, 5) is 0. The number of aliphatic hydroxyl groups is 1. The van der Waals surface area contributed by atoms with Gasteiger partial charge in [-0.3, -0.25) is 0 Å². The second-order valence-corrected chi connectivity index (χ2v) is 5.95. The fraction of sp³-hybridized carbons (Fsp3) is 0.238. The molecule has 0 spiro atoms. The van der Waals surface area contributed by atoms with E-state index in [9.17, 15) is 0 Å². The Morgan fingerprint density at radius 1 is 0.818 bits per heavy atom. The van der Waals surface area contributed by atoms with Crippen LogP contribution in [-0.2, 0) is 12.8 Å². The lowest BCUT2D eigenvalue weighted by Crippen LogP contribution is -2.20. The Bertz CT molecular complexity index is 555. The van der Waals surface area contributed by atoms with Crippen LogP contribution in [0, 0.1) is 5.41 Å². The van der Waals surface area contributed by atoms with Crippen molar-refractivity contribution in [2.75, 3.05) is 6.61 Å². The van der Waals surface area contributed by atoms with E-state index in [-0.39, 0.29) is 12.0 Å². The minimum Gasteiger partial charge on any atom is -0.392 e. The molecule has 22 heavy (non-hydrogen) atoms. The molecular formula is C21H24O. The summed E-state index contributed by atoms with van der Waals surface area (Å²) in [5, 5.41) is 8.85. The molecule has 2 aromatic carbocycles. The predicted molar refractivity (Wildman–Crippen MR) is 93.8 cm³/mol. The molecule has 0 fully saturated rings. The van der Waals surface area contributed by atoms with Gasteiger partial charge in [0.25, 0.3) is 0 Å². The van der Waals surface area contributed by atoms with E-state index in [0.29, 0.717) is 0 Å². The fourth-order valence-corrected chi connectivity index (χ4v) is 2.73. The molecule has 0 saturated carbocycles. The van der Waals surface area contributed by atoms with Crippen LogP contribution in [0.2, 0.25) is 0 Å². The number of benzene rings is 2. The van der Waals surface area contributed by atoms with Crippen molar-refractivity contribution < 1.29 is 5.11 Å². The third-order valence-electron chi connectivity index (χ3n) is 3.75. The van der Waals surface area contributed by atoms with Gasteiger partial charge in [0.2, 0.25) is 0 Å². The second-order valence-electron chi connectivity index (χ2n) is 5.95. The molecule has 0 radical (unpaired) electrons. The number of aliphatic hydroxyl groups excluding tert-OH is 1. The predicted octanol–water partition coefficient (Wildman–Crippen LogP) is 4.58. The Hall–Kier alpha value is -2.12. The van der Waals surface area contributed by atoms with Crippen LogP contribution < -0.4 is 0 Å². The van der Waals surface area contributed by atoms with E-state index in [0.717, 1.165) is 12.8 Å². The summed E-state index contributed by atoms with van der Waals surface area (Å²) in [6.45, 7) is 2.37. The summed E-state index contributed by atoms with van der Waals surface area (Å²) < 4.78 is 0. The van der Waals surface area contributed by atoms with Gasteiger partial charge in [0.15, 0.2) is 0 Å². The molecule has 0 bridgehead atoms. The Balaban J connectivity index is 2.19. The Morgan fingerprint density at radius 3 is 1.77 bits per heavy atom. The molecule has 0 heterocycles. The van der Waals surface area contributed by atoms with Crippen LogP contribution in [0.25, 0.3) is 0 Å². The van der Waals surface area contributed by atoms with Crippen LogP contribution in [0.3, 0.4) is 0 Å². The van der Waals surface area contributed by atoms with Crippen LogP contribution in [-0.4, -0.2) is 11.7 Å². The average molecular weight is 292 g/mol. The molecule has 2 rings (SSSR count). The molecule has 1 N–H and O–H groups in total. The molecule has 0 aliphatic heterocycles. The van der Waals surface area contributed by atoms with Gasteiger partial charge in [-0.15, -0.1) is 0 Å². The van der Waals surface area contributed by atoms with Gasteiger partial charge in [-0.05, 0) is 29.4 Å². The summed E-state index contributed by atoms with van der Waals surface area (Å²) in [5.74, 6) is 0. The third-order valence-corrected chi connectivity index (χ3v) is 3.75. The zero-order chi connectivity index (χ0) is 15.7. The first-order valence-corrected chi connectivity index (χ1v) is 7.75. The van der Waals surface area contributed by atoms with E-state index in [4.69, 9.17) is 5.11 Å². The second kappa shape index (κ2) is 8.35. The lowest BCUT2D eigenvalue weighted by atomic mass is 9.78. The van der Waals surface area contributed by atoms with E-state index in [1.165, 1.54) is 11.1 Å². The number of rotatable bonds is 7. The number of hydrogen-bond donors (Lipinski definition) is 1. The van der Waals surface area contributed by atoms with Crippen molar-refractivity contribution in [3.05, 3.63) is 96.1 Å². The van der Waals surface area contributed by atoms with Gasteiger partial charge in [0.05, 0.1) is 6.61 Å². The highest BCUT2D eigenvalue weighted by Crippen LogP contribution is 2.29. The van der Waals surface area contributed by atoms with E-state index in [1.54, 1.807) is 6.08 Å². The summed E-state index contributed by atoms with van der Waals surface area (Å²) in [6.07, 6.45) is 9.94. The van der Waals surface area contributed by atoms with Crippen molar-refractivity contribution in [3.63, 3.8) is 0 Å². The van der Waals surface area contributed by atoms with Gasteiger partial charge in [0, 0.05) is 0 Å². The van der Waals surface area contributed by atoms with Crippen LogP contribution in [0.15, 0.2) is 85.0 Å². The zero-order valence-electron chi connectivity index (χ0n) is 13.2. The van der Waals surface area contributed by atoms with E-state index >= 15 is 0 Å². The monoisotopic (exact) mass is 292 g/mol. The lowest BCUT2D eigenvalue weighted by molar-refractivity contribution is 0.342. The van der Waals surface area contributed by atoms with Crippen molar-refractivity contribution in [1.29, 1.82) is 0 Å². The quantitative estimate of drug-likeness (QED) is 0.740. The number of hydrogen-bond acceptors (Lipinski definition) is 1. The lowest BCUT2D eigenvalue weighted by Gasteiger charge is -2.26. The van der Waals surface area contributed by atoms with Gasteiger partial charge in [0.1, 0.15) is 0 Å². The van der Waals surface area contributed by atoms with Gasteiger partial charge in [-0.1, -0.05) is 91.9 Å². The molecule has 0 aliphatic carbocycles. The third kappa shape index (κ3) is 5.34. The molecule has 0 unspecified atom stereocenters. The van der Waals surface area contributed by atoms with Crippen LogP contribution in [0.4, 0.5) is 0 Å². The van der Waals surface area contributed by atoms with Gasteiger partial charge in [-0.2, -0.15) is 0 Å². The van der Waals surface area contributed by atoms with E-state index in [1.807, 2.05) is 12.2 Å². The zero-order valence-corrected chi connectivity index (χ0v) is 13.2. The summed E-state index contributed by atoms with van der Waals surface area (Å²) in [5.41, 5.74) is 2.73. The van der Waals surface area contributed by atoms with E-state index in [2.05, 4.69) is 73.7 Å². The molecule has 0 atom stereocenters. The van der Waals surface area contributed by atoms with Gasteiger partial charge < -0.3 is 5.11 Å². The summed E-state index contributed by atoms with van der Waals surface area (Å²) in [6, 6.07) is 21.2. The molecule has 0 aliphatic rings. The highest BCUT2D eigenvalue weighted by molar-refractivity contribution is 5.24. The Kier molecular flexibility index (Phi) is 6.17. The van der Waals surface area contributed by atoms with Crippen LogP contribution in [0.5, 0.6) is 0 Å². The summed E-state index contributed by atoms with van der Waals surface area (Å²) >= 11 is 0. The normalized spacial score (nSPS) is 12.3. The molecule has 1 nitrogen and oxygen atoms in total. The van der Waals surface area contributed by atoms with Crippen molar-refractivity contribution in [1.82, 2.24) is 0 Å². The van der Waals surface area contributed by atoms with Gasteiger partial charge >= 0.3 is 0 Å². The maximum Gasteiger partial charge on any atom is 0.0615 e. The molecule has 2 aromatic rings. The molecular weight excluding hydrogens is 268 g/mol. The standard InChI is InChI=1S/C21H24O/c1-21(15-9-4-10-16-22,17-19-11-5-2-6-12-19)18-20-13-7-3-8-14-20/h2-15,22H,16-18H2,1H3/b10-4+,15-9+. The largest absolute Gasteiger partial charge is 0.392 e. The number of allylic oxidation sites excluding steroid dienone is 3. The van der Waals surface area contributed by atoms with Crippen molar-refractivity contribution in [3.8, 4) is 0 Å². The molecule has 114 valence electrons. The maximum absolute atomic E-state index is 8.85. The molecule has 0 aromatic heterocycles. The highest BCUT2D eigenvalue weighted by atomic mass is 16.2. The first-order valence-electron chi connectivity index (χ1n) is 7.75. The summed E-state index contributed by atoms with van der Waals surface area (Å²) in [7, 11) is 0. The first-order chi connectivity index (χ1) is 10.7. The Labute approximate surface area is 133 Å². The molecule has 1 heteroatoms. The van der Waals surface area contributed by atoms with Crippen LogP contribution >= 0.6 is 0 Å². The highest BCUT2D eigenvalue weighted by Gasteiger charge is 2.21. The smallest absolute Gasteiger partial charge is 0.0615 e. The fourth-order valence-electron chi connectivity index (χ4n) is 2.73. The maximum atomic E-state index is 8.85. The SMILES string of the molecule is CC(/C=C/C=C/CO)(Cc1ccccc1)Cc1ccccc1. The molecule has 0 saturated heterocycles. The van der Waals surface area contributed by atoms with Crippen molar-refractivity contribution >= 4 is 0 Å². The Morgan fingerprint density at radius 2 is 1.32 bits per heavy atom. The van der Waals surface area contributed by atoms with Crippen molar-refractivity contribution in [2.45, 2.75) is 19.8 Å². The van der Waals surface area contributed by atoms with Crippen LogP contribution in [0.1, 0.15) is 18.1 Å². The minimum absolute atomic E-state index is 0.0441. The van der Waals surface area contributed by atoms with Gasteiger partial charge in [-0.25, -0.2) is 0 Å². The molecule has 0 amide bonds. The average Bonchev–Trinajstić information content (AvgIpc) is 2.53. The van der Waals surface area contributed by atoms with Crippen molar-refractivity contribution in [2.24, 2.45) is 5.41 Å². The topological polar surface area (TPSA) is 20.2 Å². The first kappa shape index (κ1) is 16.3. The minimum atomic E-state index is 0.0441.